The number of aromatic nitrogens is 2. The highest BCUT2D eigenvalue weighted by Crippen LogP contribution is 2.13. The Balaban J connectivity index is 2.59. The van der Waals surface area contributed by atoms with E-state index in [2.05, 4.69) is 15.3 Å². The van der Waals surface area contributed by atoms with E-state index in [0.29, 0.717) is 13.2 Å². The van der Waals surface area contributed by atoms with Crippen molar-refractivity contribution in [2.75, 3.05) is 20.3 Å². The lowest BCUT2D eigenvalue weighted by Gasteiger charge is -2.23. The summed E-state index contributed by atoms with van der Waals surface area (Å²) in [4.78, 5) is 28.7. The number of methoxy groups -OCH3 is 1. The Morgan fingerprint density at radius 2 is 2.24 bits per heavy atom. The van der Waals surface area contributed by atoms with E-state index in [0.717, 1.165) is 6.20 Å². The SMILES string of the molecule is COCC(C)(C)CNC(=O)c1cncc(=O)[nH]1. The molecule has 0 atom stereocenters. The monoisotopic (exact) mass is 239 g/mol. The second kappa shape index (κ2) is 5.58. The van der Waals surface area contributed by atoms with Gasteiger partial charge in [0.1, 0.15) is 5.69 Å². The fourth-order valence-corrected chi connectivity index (χ4v) is 1.35. The summed E-state index contributed by atoms with van der Waals surface area (Å²) < 4.78 is 5.04. The number of amides is 1. The Morgan fingerprint density at radius 1 is 1.53 bits per heavy atom. The summed E-state index contributed by atoms with van der Waals surface area (Å²) in [6, 6.07) is 0. The number of H-pyrrole nitrogens is 1. The van der Waals surface area contributed by atoms with Crippen molar-refractivity contribution < 1.29 is 9.53 Å². The van der Waals surface area contributed by atoms with Crippen LogP contribution in [0.4, 0.5) is 0 Å². The van der Waals surface area contributed by atoms with E-state index in [1.807, 2.05) is 13.8 Å². The minimum atomic E-state index is -0.395. The summed E-state index contributed by atoms with van der Waals surface area (Å²) in [7, 11) is 1.61. The fourth-order valence-electron chi connectivity index (χ4n) is 1.35. The van der Waals surface area contributed by atoms with E-state index in [-0.39, 0.29) is 17.0 Å². The molecule has 0 unspecified atom stereocenters. The molecule has 0 aliphatic rings. The summed E-state index contributed by atoms with van der Waals surface area (Å²) >= 11 is 0. The number of nitrogens with one attached hydrogen (secondary N) is 2. The molecule has 1 aromatic heterocycles. The summed E-state index contributed by atoms with van der Waals surface area (Å²) in [5.74, 6) is -0.348. The normalized spacial score (nSPS) is 11.2. The van der Waals surface area contributed by atoms with Crippen LogP contribution < -0.4 is 10.9 Å². The lowest BCUT2D eigenvalue weighted by atomic mass is 9.95. The number of carbonyl (C=O) groups excluding carboxylic acids is 1. The highest BCUT2D eigenvalue weighted by molar-refractivity contribution is 5.91. The van der Waals surface area contributed by atoms with Crippen LogP contribution in [-0.4, -0.2) is 36.1 Å². The maximum atomic E-state index is 11.7. The van der Waals surface area contributed by atoms with Crippen LogP contribution in [0.5, 0.6) is 0 Å². The maximum absolute atomic E-state index is 11.7. The van der Waals surface area contributed by atoms with Gasteiger partial charge in [0.05, 0.1) is 19.0 Å². The van der Waals surface area contributed by atoms with Crippen LogP contribution in [0.2, 0.25) is 0 Å². The molecule has 0 bridgehead atoms. The van der Waals surface area contributed by atoms with Gasteiger partial charge in [-0.3, -0.25) is 14.6 Å². The summed E-state index contributed by atoms with van der Waals surface area (Å²) in [5, 5.41) is 2.72. The van der Waals surface area contributed by atoms with Crippen molar-refractivity contribution >= 4 is 5.91 Å². The van der Waals surface area contributed by atoms with Gasteiger partial charge in [-0.2, -0.15) is 0 Å². The lowest BCUT2D eigenvalue weighted by molar-refractivity contribution is 0.0842. The van der Waals surface area contributed by atoms with Crippen LogP contribution >= 0.6 is 0 Å². The zero-order valence-corrected chi connectivity index (χ0v) is 10.2. The summed E-state index contributed by atoms with van der Waals surface area (Å²) in [5.41, 5.74) is -0.396. The molecule has 0 fully saturated rings. The number of ether oxygens (including phenoxy) is 1. The molecule has 6 heteroatoms. The molecule has 0 aromatic carbocycles. The highest BCUT2D eigenvalue weighted by Gasteiger charge is 2.19. The van der Waals surface area contributed by atoms with Gasteiger partial charge in [-0.05, 0) is 0 Å². The van der Waals surface area contributed by atoms with E-state index in [4.69, 9.17) is 4.74 Å². The third-order valence-corrected chi connectivity index (χ3v) is 2.16. The molecule has 0 saturated carbocycles. The zero-order valence-electron chi connectivity index (χ0n) is 10.2. The highest BCUT2D eigenvalue weighted by atomic mass is 16.5. The molecule has 0 aliphatic heterocycles. The number of carbonyl (C=O) groups is 1. The Kier molecular flexibility index (Phi) is 4.39. The molecular weight excluding hydrogens is 222 g/mol. The van der Waals surface area contributed by atoms with Crippen molar-refractivity contribution in [1.29, 1.82) is 0 Å². The molecule has 1 amide bonds. The second-order valence-corrected chi connectivity index (χ2v) is 4.59. The van der Waals surface area contributed by atoms with Crippen molar-refractivity contribution in [3.63, 3.8) is 0 Å². The smallest absolute Gasteiger partial charge is 0.269 e. The molecule has 0 radical (unpaired) electrons. The van der Waals surface area contributed by atoms with Gasteiger partial charge in [-0.25, -0.2) is 0 Å². The predicted octanol–water partition coefficient (Wildman–Crippen LogP) is 0.172. The Morgan fingerprint density at radius 3 is 2.82 bits per heavy atom. The van der Waals surface area contributed by atoms with Gasteiger partial charge in [0.15, 0.2) is 0 Å². The molecule has 0 saturated heterocycles. The van der Waals surface area contributed by atoms with Gasteiger partial charge < -0.3 is 15.0 Å². The molecule has 1 aromatic rings. The first-order chi connectivity index (χ1) is 7.94. The summed E-state index contributed by atoms with van der Waals surface area (Å²) in [6.45, 7) is 4.94. The molecule has 1 rings (SSSR count). The molecule has 94 valence electrons. The Labute approximate surface area is 99.4 Å². The topological polar surface area (TPSA) is 84.1 Å². The molecule has 1 heterocycles. The standard InChI is InChI=1S/C11H17N3O3/c1-11(2,7-17-3)6-13-10(16)8-4-12-5-9(15)14-8/h4-5H,6-7H2,1-3H3,(H,13,16)(H,14,15). The van der Waals surface area contributed by atoms with E-state index in [9.17, 15) is 9.59 Å². The zero-order chi connectivity index (χ0) is 12.9. The molecule has 6 nitrogen and oxygen atoms in total. The maximum Gasteiger partial charge on any atom is 0.269 e. The van der Waals surface area contributed by atoms with Crippen molar-refractivity contribution in [2.45, 2.75) is 13.8 Å². The first-order valence-corrected chi connectivity index (χ1v) is 5.26. The number of hydrogen-bond acceptors (Lipinski definition) is 4. The number of rotatable bonds is 5. The minimum absolute atomic E-state index is 0.158. The van der Waals surface area contributed by atoms with Gasteiger partial charge in [0, 0.05) is 19.1 Å². The molecule has 0 spiro atoms. The minimum Gasteiger partial charge on any atom is -0.384 e. The predicted molar refractivity (Wildman–Crippen MR) is 62.8 cm³/mol. The first kappa shape index (κ1) is 13.4. The van der Waals surface area contributed by atoms with Crippen LogP contribution in [0, 0.1) is 5.41 Å². The quantitative estimate of drug-likeness (QED) is 0.767. The van der Waals surface area contributed by atoms with Crippen LogP contribution in [0.3, 0.4) is 0 Å². The second-order valence-electron chi connectivity index (χ2n) is 4.59. The third kappa shape index (κ3) is 4.36. The lowest BCUT2D eigenvalue weighted by Crippen LogP contribution is -2.37. The van der Waals surface area contributed by atoms with E-state index >= 15 is 0 Å². The molecule has 2 N–H and O–H groups in total. The van der Waals surface area contributed by atoms with Crippen LogP contribution in [0.25, 0.3) is 0 Å². The van der Waals surface area contributed by atoms with Crippen molar-refractivity contribution in [3.05, 3.63) is 28.4 Å². The molecule has 17 heavy (non-hydrogen) atoms. The Hall–Kier alpha value is -1.69. The first-order valence-electron chi connectivity index (χ1n) is 5.26. The van der Waals surface area contributed by atoms with Crippen LogP contribution in [0.1, 0.15) is 24.3 Å². The van der Waals surface area contributed by atoms with Crippen LogP contribution in [-0.2, 0) is 4.74 Å². The fraction of sp³-hybridized carbons (Fsp3) is 0.545. The number of aromatic amines is 1. The van der Waals surface area contributed by atoms with E-state index in [1.54, 1.807) is 7.11 Å². The van der Waals surface area contributed by atoms with Crippen LogP contribution in [0.15, 0.2) is 17.2 Å². The largest absolute Gasteiger partial charge is 0.384 e. The van der Waals surface area contributed by atoms with E-state index < -0.39 is 5.56 Å². The van der Waals surface area contributed by atoms with Gasteiger partial charge in [-0.1, -0.05) is 13.8 Å². The van der Waals surface area contributed by atoms with Crippen molar-refractivity contribution in [1.82, 2.24) is 15.3 Å². The third-order valence-electron chi connectivity index (χ3n) is 2.16. The van der Waals surface area contributed by atoms with Crippen molar-refractivity contribution in [2.24, 2.45) is 5.41 Å². The number of hydrogen-bond donors (Lipinski definition) is 2. The molecule has 0 aliphatic carbocycles. The summed E-state index contributed by atoms with van der Waals surface area (Å²) in [6.07, 6.45) is 2.44. The molecular formula is C11H17N3O3. The van der Waals surface area contributed by atoms with Crippen molar-refractivity contribution in [3.8, 4) is 0 Å². The average molecular weight is 239 g/mol. The van der Waals surface area contributed by atoms with Gasteiger partial charge in [-0.15, -0.1) is 0 Å². The Bertz CT molecular complexity index is 440. The van der Waals surface area contributed by atoms with Gasteiger partial charge >= 0.3 is 0 Å². The number of nitrogens with zero attached hydrogens (tertiary/aromatic N) is 1. The van der Waals surface area contributed by atoms with Gasteiger partial charge in [0.25, 0.3) is 11.5 Å². The average Bonchev–Trinajstić information content (AvgIpc) is 2.26. The van der Waals surface area contributed by atoms with Gasteiger partial charge in [0.2, 0.25) is 0 Å². The van der Waals surface area contributed by atoms with E-state index in [1.165, 1.54) is 6.20 Å².